The van der Waals surface area contributed by atoms with E-state index < -0.39 is 11.5 Å². The van der Waals surface area contributed by atoms with E-state index in [9.17, 15) is 14.7 Å². The molecule has 1 spiro atoms. The highest BCUT2D eigenvalue weighted by Crippen LogP contribution is 2.42. The van der Waals surface area contributed by atoms with Gasteiger partial charge in [0.15, 0.2) is 0 Å². The minimum absolute atomic E-state index is 0.0190. The summed E-state index contributed by atoms with van der Waals surface area (Å²) in [7, 11) is 0. The molecular formula is C22H27N3O4. The van der Waals surface area contributed by atoms with Crippen molar-refractivity contribution in [1.82, 2.24) is 15.4 Å². The number of aliphatic hydroxyl groups is 1. The number of aliphatic hydroxyl groups excluding tert-OH is 1. The summed E-state index contributed by atoms with van der Waals surface area (Å²) in [5.41, 5.74) is 1.89. The van der Waals surface area contributed by atoms with E-state index >= 15 is 0 Å². The third-order valence-electron chi connectivity index (χ3n) is 6.49. The molecule has 2 aliphatic heterocycles. The van der Waals surface area contributed by atoms with Crippen LogP contribution in [0.3, 0.4) is 0 Å². The van der Waals surface area contributed by atoms with Crippen molar-refractivity contribution in [2.75, 3.05) is 13.1 Å². The molecule has 2 atom stereocenters. The molecule has 0 radical (unpaired) electrons. The number of hydrogen-bond acceptors (Lipinski definition) is 5. The molecule has 0 aliphatic carbocycles. The summed E-state index contributed by atoms with van der Waals surface area (Å²) in [6.07, 6.45) is 1.17. The van der Waals surface area contributed by atoms with E-state index in [1.54, 1.807) is 4.90 Å². The quantitative estimate of drug-likeness (QED) is 0.827. The molecule has 154 valence electrons. The molecular weight excluding hydrogens is 370 g/mol. The number of carbonyl (C=O) groups is 2. The second-order valence-electron chi connectivity index (χ2n) is 8.27. The number of likely N-dealkylation sites (tertiary alicyclic amines) is 1. The van der Waals surface area contributed by atoms with Crippen molar-refractivity contribution in [2.45, 2.75) is 51.7 Å². The van der Waals surface area contributed by atoms with Crippen LogP contribution in [0.15, 0.2) is 34.9 Å². The number of nitrogens with one attached hydrogen (secondary N) is 1. The maximum Gasteiger partial charge on any atom is 0.227 e. The zero-order valence-electron chi connectivity index (χ0n) is 16.9. The second-order valence-corrected chi connectivity index (χ2v) is 8.27. The molecule has 2 saturated heterocycles. The van der Waals surface area contributed by atoms with E-state index in [0.717, 1.165) is 16.8 Å². The Morgan fingerprint density at radius 1 is 1.28 bits per heavy atom. The number of nitrogens with zero attached hydrogens (tertiary/aromatic N) is 2. The van der Waals surface area contributed by atoms with Crippen LogP contribution in [0.4, 0.5) is 0 Å². The van der Waals surface area contributed by atoms with Gasteiger partial charge in [-0.05, 0) is 38.7 Å². The van der Waals surface area contributed by atoms with Gasteiger partial charge in [0.1, 0.15) is 5.76 Å². The molecule has 2 aromatic rings. The molecule has 2 amide bonds. The largest absolute Gasteiger partial charge is 0.391 e. The highest BCUT2D eigenvalue weighted by atomic mass is 16.5. The Morgan fingerprint density at radius 2 is 1.97 bits per heavy atom. The van der Waals surface area contributed by atoms with Crippen molar-refractivity contribution in [3.8, 4) is 0 Å². The summed E-state index contributed by atoms with van der Waals surface area (Å²) >= 11 is 0. The zero-order chi connectivity index (χ0) is 20.6. The van der Waals surface area contributed by atoms with Gasteiger partial charge in [-0.3, -0.25) is 9.59 Å². The van der Waals surface area contributed by atoms with E-state index in [2.05, 4.69) is 10.5 Å². The van der Waals surface area contributed by atoms with Crippen LogP contribution in [-0.4, -0.2) is 46.2 Å². The molecule has 2 fully saturated rings. The number of rotatable bonds is 3. The highest BCUT2D eigenvalue weighted by molar-refractivity contribution is 5.85. The maximum absolute atomic E-state index is 13.0. The molecule has 2 N–H and O–H groups in total. The normalized spacial score (nSPS) is 23.8. The van der Waals surface area contributed by atoms with E-state index in [-0.39, 0.29) is 24.3 Å². The van der Waals surface area contributed by atoms with Gasteiger partial charge < -0.3 is 19.8 Å². The van der Waals surface area contributed by atoms with Gasteiger partial charge in [-0.1, -0.05) is 35.5 Å². The molecule has 4 rings (SSSR count). The molecule has 2 aliphatic rings. The molecule has 0 bridgehead atoms. The third-order valence-corrected chi connectivity index (χ3v) is 6.49. The Labute approximate surface area is 170 Å². The number of hydrogen-bond donors (Lipinski definition) is 2. The van der Waals surface area contributed by atoms with Crippen LogP contribution < -0.4 is 5.32 Å². The first-order valence-corrected chi connectivity index (χ1v) is 10.1. The molecule has 1 aromatic heterocycles. The lowest BCUT2D eigenvalue weighted by Crippen LogP contribution is -2.57. The molecule has 1 aromatic carbocycles. The van der Waals surface area contributed by atoms with Crippen LogP contribution in [0.25, 0.3) is 0 Å². The fourth-order valence-electron chi connectivity index (χ4n) is 4.60. The minimum Gasteiger partial charge on any atom is -0.391 e. The fraction of sp³-hybridized carbons (Fsp3) is 0.500. The fourth-order valence-corrected chi connectivity index (χ4v) is 4.60. The lowest BCUT2D eigenvalue weighted by Gasteiger charge is -2.46. The standard InChI is InChI=1S/C22H27N3O4/c1-14-17(15(2)29-24-14)12-19(27)25-10-8-22(9-11-25)13-18(26)20(23-21(22)28)16-6-4-3-5-7-16/h3-7,18,20,26H,8-13H2,1-2H3,(H,23,28)/t18-,20+/m1/s1. The number of piperidine rings is 2. The Balaban J connectivity index is 1.40. The first-order chi connectivity index (χ1) is 13.9. The molecule has 3 heterocycles. The van der Waals surface area contributed by atoms with E-state index in [1.807, 2.05) is 44.2 Å². The average Bonchev–Trinajstić information content (AvgIpc) is 3.04. The summed E-state index contributed by atoms with van der Waals surface area (Å²) in [6, 6.07) is 9.18. The number of benzene rings is 1. The smallest absolute Gasteiger partial charge is 0.227 e. The van der Waals surface area contributed by atoms with Gasteiger partial charge >= 0.3 is 0 Å². The summed E-state index contributed by atoms with van der Waals surface area (Å²) in [6.45, 7) is 4.67. The van der Waals surface area contributed by atoms with Gasteiger partial charge in [0.2, 0.25) is 11.8 Å². The zero-order valence-corrected chi connectivity index (χ0v) is 16.9. The number of amides is 2. The van der Waals surface area contributed by atoms with E-state index in [0.29, 0.717) is 38.1 Å². The SMILES string of the molecule is Cc1noc(C)c1CC(=O)N1CCC2(CC1)C[C@@H](O)[C@H](c1ccccc1)NC2=O. The van der Waals surface area contributed by atoms with Gasteiger partial charge in [-0.25, -0.2) is 0 Å². The lowest BCUT2D eigenvalue weighted by atomic mass is 9.69. The van der Waals surface area contributed by atoms with Gasteiger partial charge in [-0.15, -0.1) is 0 Å². The number of aromatic nitrogens is 1. The first-order valence-electron chi connectivity index (χ1n) is 10.1. The van der Waals surface area contributed by atoms with Crippen LogP contribution in [-0.2, 0) is 16.0 Å². The molecule has 7 heteroatoms. The monoisotopic (exact) mass is 397 g/mol. The minimum atomic E-state index is -0.639. The molecule has 29 heavy (non-hydrogen) atoms. The Morgan fingerprint density at radius 3 is 2.59 bits per heavy atom. The third kappa shape index (κ3) is 3.67. The van der Waals surface area contributed by atoms with Crippen molar-refractivity contribution in [3.63, 3.8) is 0 Å². The van der Waals surface area contributed by atoms with Crippen molar-refractivity contribution in [1.29, 1.82) is 0 Å². The Kier molecular flexibility index (Phi) is 5.17. The molecule has 0 saturated carbocycles. The van der Waals surface area contributed by atoms with Crippen LogP contribution >= 0.6 is 0 Å². The molecule has 0 unspecified atom stereocenters. The van der Waals surface area contributed by atoms with Crippen LogP contribution in [0.2, 0.25) is 0 Å². The van der Waals surface area contributed by atoms with Crippen molar-refractivity contribution >= 4 is 11.8 Å². The highest BCUT2D eigenvalue weighted by Gasteiger charge is 2.49. The second kappa shape index (κ2) is 7.63. The average molecular weight is 397 g/mol. The van der Waals surface area contributed by atoms with E-state index in [1.165, 1.54) is 0 Å². The van der Waals surface area contributed by atoms with Crippen LogP contribution in [0.1, 0.15) is 47.9 Å². The van der Waals surface area contributed by atoms with Gasteiger partial charge in [0.25, 0.3) is 0 Å². The topological polar surface area (TPSA) is 95.7 Å². The number of carbonyl (C=O) groups excluding carboxylic acids is 2. The first kappa shape index (κ1) is 19.6. The van der Waals surface area contributed by atoms with Crippen molar-refractivity contribution in [2.24, 2.45) is 5.41 Å². The Bertz CT molecular complexity index is 881. The van der Waals surface area contributed by atoms with Crippen LogP contribution in [0, 0.1) is 19.3 Å². The van der Waals surface area contributed by atoms with Gasteiger partial charge in [-0.2, -0.15) is 0 Å². The summed E-state index contributed by atoms with van der Waals surface area (Å²) in [4.78, 5) is 27.5. The molecule has 7 nitrogen and oxygen atoms in total. The maximum atomic E-state index is 13.0. The predicted octanol–water partition coefficient (Wildman–Crippen LogP) is 2.06. The summed E-state index contributed by atoms with van der Waals surface area (Å²) in [5.74, 6) is 0.675. The van der Waals surface area contributed by atoms with Gasteiger partial charge in [0, 0.05) is 18.7 Å². The number of aryl methyl sites for hydroxylation is 2. The van der Waals surface area contributed by atoms with Crippen molar-refractivity contribution < 1.29 is 19.2 Å². The van der Waals surface area contributed by atoms with Crippen molar-refractivity contribution in [3.05, 3.63) is 52.9 Å². The Hall–Kier alpha value is -2.67. The predicted molar refractivity (Wildman–Crippen MR) is 106 cm³/mol. The van der Waals surface area contributed by atoms with Crippen LogP contribution in [0.5, 0.6) is 0 Å². The summed E-state index contributed by atoms with van der Waals surface area (Å²) < 4.78 is 5.14. The lowest BCUT2D eigenvalue weighted by molar-refractivity contribution is -0.148. The summed E-state index contributed by atoms with van der Waals surface area (Å²) in [5, 5.41) is 17.7. The van der Waals surface area contributed by atoms with Gasteiger partial charge in [0.05, 0.1) is 29.7 Å². The van der Waals surface area contributed by atoms with E-state index in [4.69, 9.17) is 4.52 Å².